The Kier molecular flexibility index (Phi) is 5.01. The molecule has 0 bridgehead atoms. The molecule has 0 saturated carbocycles. The van der Waals surface area contributed by atoms with Gasteiger partial charge in [-0.05, 0) is 29.5 Å². The number of hydrogen-bond acceptors (Lipinski definition) is 4. The van der Waals surface area contributed by atoms with Gasteiger partial charge in [-0.3, -0.25) is 0 Å². The second-order valence-corrected chi connectivity index (χ2v) is 7.11. The van der Waals surface area contributed by atoms with Gasteiger partial charge in [-0.1, -0.05) is 0 Å². The van der Waals surface area contributed by atoms with Crippen molar-refractivity contribution in [2.75, 3.05) is 0 Å². The molecule has 0 aliphatic rings. The maximum Gasteiger partial charge on any atom is 0.446 e. The number of benzene rings is 1. The molecular formula is C9H4Cl2F3NO2S2. The predicted octanol–water partition coefficient (Wildman–Crippen LogP) is 3.84. The van der Waals surface area contributed by atoms with E-state index >= 15 is 0 Å². The standard InChI is InChI=1S/C9H4Cl2F3NO2S2/c10-3-5-1-7(18-9(12,13)14)6(4-15)8(2-5)19(11,16)17/h1-2H,3H2. The summed E-state index contributed by atoms with van der Waals surface area (Å²) in [6.07, 6.45) is 0. The second-order valence-electron chi connectivity index (χ2n) is 3.20. The van der Waals surface area contributed by atoms with E-state index in [9.17, 15) is 21.6 Å². The largest absolute Gasteiger partial charge is 0.446 e. The van der Waals surface area contributed by atoms with E-state index in [1.807, 2.05) is 0 Å². The van der Waals surface area contributed by atoms with Crippen molar-refractivity contribution >= 4 is 43.1 Å². The van der Waals surface area contributed by atoms with Crippen LogP contribution in [-0.4, -0.2) is 13.9 Å². The van der Waals surface area contributed by atoms with Crippen molar-refractivity contribution in [2.45, 2.75) is 21.2 Å². The highest BCUT2D eigenvalue weighted by Gasteiger charge is 2.32. The van der Waals surface area contributed by atoms with E-state index in [0.717, 1.165) is 12.1 Å². The lowest BCUT2D eigenvalue weighted by Crippen LogP contribution is -2.04. The molecule has 0 N–H and O–H groups in total. The molecule has 0 saturated heterocycles. The molecule has 10 heteroatoms. The summed E-state index contributed by atoms with van der Waals surface area (Å²) in [6.45, 7) is 0. The minimum absolute atomic E-state index is 0.117. The summed E-state index contributed by atoms with van der Waals surface area (Å²) >= 11 is 4.88. The molecule has 3 nitrogen and oxygen atoms in total. The van der Waals surface area contributed by atoms with E-state index in [0.29, 0.717) is 0 Å². The van der Waals surface area contributed by atoms with Gasteiger partial charge in [0.2, 0.25) is 0 Å². The SMILES string of the molecule is N#Cc1c(SC(F)(F)F)cc(CCl)cc1S(=O)(=O)Cl. The Morgan fingerprint density at radius 2 is 1.95 bits per heavy atom. The fourth-order valence-electron chi connectivity index (χ4n) is 1.23. The van der Waals surface area contributed by atoms with Gasteiger partial charge in [0, 0.05) is 21.5 Å². The van der Waals surface area contributed by atoms with Crippen molar-refractivity contribution in [1.82, 2.24) is 0 Å². The molecule has 1 aromatic rings. The topological polar surface area (TPSA) is 57.9 Å². The minimum Gasteiger partial charge on any atom is -0.207 e. The second kappa shape index (κ2) is 5.79. The lowest BCUT2D eigenvalue weighted by molar-refractivity contribution is -0.0328. The zero-order valence-corrected chi connectivity index (χ0v) is 12.0. The maximum atomic E-state index is 12.4. The molecule has 0 radical (unpaired) electrons. The van der Waals surface area contributed by atoms with Gasteiger partial charge >= 0.3 is 5.51 Å². The molecule has 0 aliphatic heterocycles. The van der Waals surface area contributed by atoms with Gasteiger partial charge in [0.15, 0.2) is 0 Å². The third kappa shape index (κ3) is 4.45. The maximum absolute atomic E-state index is 12.4. The highest BCUT2D eigenvalue weighted by molar-refractivity contribution is 8.13. The molecule has 0 heterocycles. The zero-order chi connectivity index (χ0) is 14.8. The van der Waals surface area contributed by atoms with E-state index in [1.54, 1.807) is 0 Å². The van der Waals surface area contributed by atoms with Crippen molar-refractivity contribution < 1.29 is 21.6 Å². The van der Waals surface area contributed by atoms with Gasteiger partial charge in [0.1, 0.15) is 11.0 Å². The Balaban J connectivity index is 3.59. The summed E-state index contributed by atoms with van der Waals surface area (Å²) in [5.41, 5.74) is -5.19. The lowest BCUT2D eigenvalue weighted by Gasteiger charge is -2.11. The van der Waals surface area contributed by atoms with Crippen LogP contribution in [0.2, 0.25) is 0 Å². The van der Waals surface area contributed by atoms with Crippen molar-refractivity contribution in [3.8, 4) is 6.07 Å². The number of nitriles is 1. The summed E-state index contributed by atoms with van der Waals surface area (Å²) in [5.74, 6) is -0.212. The van der Waals surface area contributed by atoms with Crippen LogP contribution in [0.3, 0.4) is 0 Å². The monoisotopic (exact) mass is 349 g/mol. The quantitative estimate of drug-likeness (QED) is 0.472. The number of nitrogens with zero attached hydrogens (tertiary/aromatic N) is 1. The normalized spacial score (nSPS) is 12.2. The molecular weight excluding hydrogens is 346 g/mol. The van der Waals surface area contributed by atoms with Crippen LogP contribution in [0, 0.1) is 11.3 Å². The van der Waals surface area contributed by atoms with Crippen molar-refractivity contribution in [3.05, 3.63) is 23.3 Å². The Morgan fingerprint density at radius 1 is 1.37 bits per heavy atom. The molecule has 0 atom stereocenters. The highest BCUT2D eigenvalue weighted by Crippen LogP contribution is 2.41. The molecule has 1 aromatic carbocycles. The summed E-state index contributed by atoms with van der Waals surface area (Å²) in [5, 5.41) is 8.84. The van der Waals surface area contributed by atoms with Crippen LogP contribution in [0.25, 0.3) is 0 Å². The van der Waals surface area contributed by atoms with Crippen LogP contribution in [0.4, 0.5) is 13.2 Å². The summed E-state index contributed by atoms with van der Waals surface area (Å²) < 4.78 is 59.6. The van der Waals surface area contributed by atoms with Crippen molar-refractivity contribution in [3.63, 3.8) is 0 Å². The molecule has 0 aromatic heterocycles. The molecule has 19 heavy (non-hydrogen) atoms. The third-order valence-electron chi connectivity index (χ3n) is 1.88. The first-order valence-corrected chi connectivity index (χ1v) is 8.08. The fourth-order valence-corrected chi connectivity index (χ4v) is 3.22. The number of rotatable bonds is 3. The summed E-state index contributed by atoms with van der Waals surface area (Å²) in [7, 11) is 0.756. The number of thioether (sulfide) groups is 1. The molecule has 0 unspecified atom stereocenters. The van der Waals surface area contributed by atoms with Crippen LogP contribution in [0.1, 0.15) is 11.1 Å². The van der Waals surface area contributed by atoms with Gasteiger partial charge in [-0.15, -0.1) is 11.6 Å². The van der Waals surface area contributed by atoms with E-state index in [-0.39, 0.29) is 11.4 Å². The summed E-state index contributed by atoms with van der Waals surface area (Å²) in [6, 6.07) is 3.41. The Hall–Kier alpha value is -0.620. The predicted molar refractivity (Wildman–Crippen MR) is 65.7 cm³/mol. The van der Waals surface area contributed by atoms with Crippen LogP contribution >= 0.6 is 34.0 Å². The minimum atomic E-state index is -4.66. The molecule has 0 fully saturated rings. The first kappa shape index (κ1) is 16.4. The highest BCUT2D eigenvalue weighted by atomic mass is 35.7. The van der Waals surface area contributed by atoms with Gasteiger partial charge in [0.25, 0.3) is 9.05 Å². The first-order valence-electron chi connectivity index (χ1n) is 4.42. The van der Waals surface area contributed by atoms with Crippen LogP contribution < -0.4 is 0 Å². The Labute approximate surface area is 120 Å². The average Bonchev–Trinajstić information content (AvgIpc) is 2.24. The smallest absolute Gasteiger partial charge is 0.207 e. The molecule has 0 amide bonds. The number of alkyl halides is 4. The van der Waals surface area contributed by atoms with E-state index in [1.165, 1.54) is 6.07 Å². The fraction of sp³-hybridized carbons (Fsp3) is 0.222. The van der Waals surface area contributed by atoms with Crippen LogP contribution in [-0.2, 0) is 14.9 Å². The first-order chi connectivity index (χ1) is 8.58. The van der Waals surface area contributed by atoms with E-state index in [2.05, 4.69) is 0 Å². The average molecular weight is 350 g/mol. The Bertz CT molecular complexity index is 638. The van der Waals surface area contributed by atoms with Gasteiger partial charge in [-0.25, -0.2) is 8.42 Å². The third-order valence-corrected chi connectivity index (χ3v) is 4.31. The Morgan fingerprint density at radius 3 is 2.32 bits per heavy atom. The van der Waals surface area contributed by atoms with Crippen LogP contribution in [0.5, 0.6) is 0 Å². The van der Waals surface area contributed by atoms with Gasteiger partial charge < -0.3 is 0 Å². The number of hydrogen-bond donors (Lipinski definition) is 0. The van der Waals surface area contributed by atoms with Gasteiger partial charge in [-0.2, -0.15) is 18.4 Å². The van der Waals surface area contributed by atoms with Crippen molar-refractivity contribution in [2.24, 2.45) is 0 Å². The molecule has 0 spiro atoms. The van der Waals surface area contributed by atoms with Crippen molar-refractivity contribution in [1.29, 1.82) is 5.26 Å². The van der Waals surface area contributed by atoms with E-state index < -0.39 is 41.7 Å². The molecule has 104 valence electrons. The molecule has 1 rings (SSSR count). The van der Waals surface area contributed by atoms with E-state index in [4.69, 9.17) is 27.5 Å². The number of halogens is 5. The van der Waals surface area contributed by atoms with Crippen LogP contribution in [0.15, 0.2) is 21.9 Å². The molecule has 0 aliphatic carbocycles. The van der Waals surface area contributed by atoms with Gasteiger partial charge in [0.05, 0.1) is 5.56 Å². The zero-order valence-electron chi connectivity index (χ0n) is 8.83. The lowest BCUT2D eigenvalue weighted by atomic mass is 10.2. The summed E-state index contributed by atoms with van der Waals surface area (Å²) in [4.78, 5) is -1.23.